The summed E-state index contributed by atoms with van der Waals surface area (Å²) in [5, 5.41) is 0. The minimum atomic E-state index is -2.85. The van der Waals surface area contributed by atoms with Crippen LogP contribution in [-0.2, 0) is 6.42 Å². The lowest BCUT2D eigenvalue weighted by molar-refractivity contribution is 0.0759. The van der Waals surface area contributed by atoms with Crippen molar-refractivity contribution in [2.45, 2.75) is 64.7 Å². The Bertz CT molecular complexity index is 584. The molecule has 123 valence electrons. The average molecular weight is 313 g/mol. The second kappa shape index (κ2) is 7.20. The number of carbonyl (C=O) groups is 1. The zero-order valence-corrected chi connectivity index (χ0v) is 13.0. The van der Waals surface area contributed by atoms with Gasteiger partial charge >= 0.3 is 5.69 Å². The summed E-state index contributed by atoms with van der Waals surface area (Å²) in [5.41, 5.74) is -1.01. The molecule has 0 bridgehead atoms. The summed E-state index contributed by atoms with van der Waals surface area (Å²) < 4.78 is 28.6. The Kier molecular flexibility index (Phi) is 5.53. The number of halogens is 2. The van der Waals surface area contributed by atoms with E-state index in [0.717, 1.165) is 30.3 Å². The van der Waals surface area contributed by atoms with Gasteiger partial charge in [-0.3, -0.25) is 9.36 Å². The van der Waals surface area contributed by atoms with E-state index in [1.54, 1.807) is 0 Å². The fraction of sp³-hybridized carbons (Fsp3) is 0.688. The molecule has 0 unspecified atom stereocenters. The summed E-state index contributed by atoms with van der Waals surface area (Å²) in [4.78, 5) is 24.8. The van der Waals surface area contributed by atoms with Gasteiger partial charge in [-0.25, -0.2) is 18.1 Å². The van der Waals surface area contributed by atoms with Gasteiger partial charge in [-0.1, -0.05) is 32.6 Å². The highest BCUT2D eigenvalue weighted by Crippen LogP contribution is 2.28. The number of imidazole rings is 1. The lowest BCUT2D eigenvalue weighted by Crippen LogP contribution is -2.34. The monoisotopic (exact) mass is 313 g/mol. The first kappa shape index (κ1) is 16.9. The van der Waals surface area contributed by atoms with Gasteiger partial charge in [0.1, 0.15) is 5.69 Å². The predicted molar refractivity (Wildman–Crippen MR) is 80.2 cm³/mol. The molecule has 0 N–H and O–H groups in total. The van der Waals surface area contributed by atoms with Crippen LogP contribution in [0.2, 0.25) is 0 Å². The third-order valence-electron chi connectivity index (χ3n) is 4.43. The van der Waals surface area contributed by atoms with Crippen LogP contribution in [0.1, 0.15) is 74.5 Å². The molecule has 0 amide bonds. The quantitative estimate of drug-likeness (QED) is 0.830. The molecule has 6 heteroatoms. The van der Waals surface area contributed by atoms with Crippen LogP contribution in [0, 0.1) is 13.0 Å². The molecule has 1 radical (unpaired) electrons. The molecule has 0 atom stereocenters. The molecular formula is C16H23F2N2O2. The van der Waals surface area contributed by atoms with Crippen LogP contribution in [-0.4, -0.2) is 15.0 Å². The van der Waals surface area contributed by atoms with E-state index in [9.17, 15) is 18.4 Å². The largest absolute Gasteiger partial charge is 0.335 e. The van der Waals surface area contributed by atoms with Crippen molar-refractivity contribution in [3.63, 3.8) is 0 Å². The van der Waals surface area contributed by atoms with E-state index in [1.165, 1.54) is 0 Å². The van der Waals surface area contributed by atoms with Gasteiger partial charge in [0.05, 0.1) is 0 Å². The van der Waals surface area contributed by atoms with Gasteiger partial charge in [-0.15, -0.1) is 0 Å². The Morgan fingerprint density at radius 3 is 2.50 bits per heavy atom. The number of hydrogen-bond acceptors (Lipinski definition) is 2. The van der Waals surface area contributed by atoms with E-state index >= 15 is 0 Å². The topological polar surface area (TPSA) is 44.0 Å². The molecule has 1 aromatic rings. The molecule has 1 aromatic heterocycles. The predicted octanol–water partition coefficient (Wildman–Crippen LogP) is 3.79. The van der Waals surface area contributed by atoms with Crippen LogP contribution in [0.15, 0.2) is 4.79 Å². The Morgan fingerprint density at radius 1 is 1.32 bits per heavy atom. The van der Waals surface area contributed by atoms with Crippen molar-refractivity contribution >= 4 is 5.91 Å². The molecule has 22 heavy (non-hydrogen) atoms. The molecule has 0 aliphatic heterocycles. The summed E-state index contributed by atoms with van der Waals surface area (Å²) >= 11 is 0. The van der Waals surface area contributed by atoms with E-state index < -0.39 is 23.7 Å². The zero-order chi connectivity index (χ0) is 16.3. The van der Waals surface area contributed by atoms with E-state index in [0.29, 0.717) is 30.3 Å². The van der Waals surface area contributed by atoms with E-state index in [2.05, 4.69) is 7.05 Å². The molecule has 0 spiro atoms. The third-order valence-corrected chi connectivity index (χ3v) is 4.43. The van der Waals surface area contributed by atoms with Crippen molar-refractivity contribution in [2.24, 2.45) is 5.92 Å². The Hall–Kier alpha value is -1.46. The lowest BCUT2D eigenvalue weighted by atomic mass is 9.88. The summed E-state index contributed by atoms with van der Waals surface area (Å²) in [7, 11) is 3.56. The Morgan fingerprint density at radius 2 is 1.95 bits per heavy atom. The minimum absolute atomic E-state index is 0.186. The van der Waals surface area contributed by atoms with Crippen LogP contribution in [0.3, 0.4) is 0 Å². The summed E-state index contributed by atoms with van der Waals surface area (Å²) in [6.45, 7) is 1.94. The summed E-state index contributed by atoms with van der Waals surface area (Å²) in [6, 6.07) is 0. The van der Waals surface area contributed by atoms with Crippen LogP contribution in [0.5, 0.6) is 0 Å². The number of nitrogens with zero attached hydrogens (tertiary/aromatic N) is 2. The Balaban J connectivity index is 2.45. The maximum atomic E-state index is 13.5. The smallest absolute Gasteiger partial charge is 0.294 e. The molecule has 1 fully saturated rings. The van der Waals surface area contributed by atoms with Crippen molar-refractivity contribution in [1.82, 2.24) is 9.13 Å². The highest BCUT2D eigenvalue weighted by atomic mass is 19.3. The van der Waals surface area contributed by atoms with Gasteiger partial charge in [0.2, 0.25) is 5.91 Å². The van der Waals surface area contributed by atoms with Crippen LogP contribution < -0.4 is 5.69 Å². The second-order valence-electron chi connectivity index (χ2n) is 5.96. The summed E-state index contributed by atoms with van der Waals surface area (Å²) in [5.74, 6) is -0.814. The van der Waals surface area contributed by atoms with E-state index in [1.807, 2.05) is 6.92 Å². The van der Waals surface area contributed by atoms with Crippen LogP contribution in [0.4, 0.5) is 8.78 Å². The highest BCUT2D eigenvalue weighted by Gasteiger charge is 2.32. The molecule has 4 nitrogen and oxygen atoms in total. The fourth-order valence-electron chi connectivity index (χ4n) is 3.18. The molecule has 2 rings (SSSR count). The van der Waals surface area contributed by atoms with Gasteiger partial charge in [0.15, 0.2) is 0 Å². The van der Waals surface area contributed by atoms with E-state index in [4.69, 9.17) is 0 Å². The molecule has 0 aromatic carbocycles. The van der Waals surface area contributed by atoms with Crippen LogP contribution in [0.25, 0.3) is 0 Å². The SMILES string of the molecule is [CH2]n1c(CCCC)c(C(F)F)n(C(=O)C2CCCCC2)c1=O. The second-order valence-corrected chi connectivity index (χ2v) is 5.96. The molecule has 1 aliphatic carbocycles. The standard InChI is InChI=1S/C16H23F2N2O2/c1-3-4-10-12-13(14(17)18)20(16(22)19(12)2)15(21)11-8-6-5-7-9-11/h11,14H,2-10H2,1H3. The Labute approximate surface area is 129 Å². The first-order valence-corrected chi connectivity index (χ1v) is 7.98. The van der Waals surface area contributed by atoms with Crippen molar-refractivity contribution in [2.75, 3.05) is 0 Å². The van der Waals surface area contributed by atoms with Gasteiger partial charge < -0.3 is 0 Å². The average Bonchev–Trinajstić information content (AvgIpc) is 2.77. The van der Waals surface area contributed by atoms with Crippen molar-refractivity contribution < 1.29 is 13.6 Å². The van der Waals surface area contributed by atoms with Crippen molar-refractivity contribution in [3.05, 3.63) is 28.9 Å². The van der Waals surface area contributed by atoms with Crippen molar-refractivity contribution in [1.29, 1.82) is 0 Å². The van der Waals surface area contributed by atoms with Gasteiger partial charge in [-0.2, -0.15) is 0 Å². The van der Waals surface area contributed by atoms with E-state index in [-0.39, 0.29) is 11.6 Å². The minimum Gasteiger partial charge on any atom is -0.294 e. The van der Waals surface area contributed by atoms with Gasteiger partial charge in [0, 0.05) is 18.7 Å². The molecule has 1 saturated carbocycles. The number of alkyl halides is 2. The highest BCUT2D eigenvalue weighted by molar-refractivity contribution is 5.82. The normalized spacial score (nSPS) is 16.4. The number of hydrogen-bond donors (Lipinski definition) is 0. The maximum Gasteiger partial charge on any atom is 0.335 e. The van der Waals surface area contributed by atoms with Crippen LogP contribution >= 0.6 is 0 Å². The number of aromatic nitrogens is 2. The number of unbranched alkanes of at least 4 members (excludes halogenated alkanes) is 1. The number of rotatable bonds is 5. The first-order valence-electron chi connectivity index (χ1n) is 7.98. The first-order chi connectivity index (χ1) is 10.5. The van der Waals surface area contributed by atoms with Crippen molar-refractivity contribution in [3.8, 4) is 0 Å². The molecular weight excluding hydrogens is 290 g/mol. The fourth-order valence-corrected chi connectivity index (χ4v) is 3.18. The summed E-state index contributed by atoms with van der Waals surface area (Å²) in [6.07, 6.45) is 3.18. The zero-order valence-electron chi connectivity index (χ0n) is 13.0. The van der Waals surface area contributed by atoms with Gasteiger partial charge in [-0.05, 0) is 25.7 Å². The maximum absolute atomic E-state index is 13.5. The number of carbonyl (C=O) groups excluding carboxylic acids is 1. The lowest BCUT2D eigenvalue weighted by Gasteiger charge is -2.20. The molecule has 0 saturated heterocycles. The molecule has 1 aliphatic rings. The third kappa shape index (κ3) is 3.15. The van der Waals surface area contributed by atoms with Gasteiger partial charge in [0.25, 0.3) is 6.43 Å². The molecule has 1 heterocycles.